The van der Waals surface area contributed by atoms with Gasteiger partial charge in [0.1, 0.15) is 23.0 Å². The van der Waals surface area contributed by atoms with Crippen molar-refractivity contribution < 1.29 is 9.47 Å². The van der Waals surface area contributed by atoms with Crippen LogP contribution in [0.15, 0.2) is 107 Å². The molecular weight excluding hydrogens is 380 g/mol. The Kier molecular flexibility index (Phi) is 5.59. The van der Waals surface area contributed by atoms with Crippen molar-refractivity contribution >= 4 is 23.1 Å². The Hall–Kier alpha value is -3.57. The van der Waals surface area contributed by atoms with Crippen LogP contribution < -0.4 is 20.9 Å². The molecule has 29 heavy (non-hydrogen) atoms. The third kappa shape index (κ3) is 5.24. The third-order valence-electron chi connectivity index (χ3n) is 4.05. The summed E-state index contributed by atoms with van der Waals surface area (Å²) in [6.07, 6.45) is 0. The predicted molar refractivity (Wildman–Crippen MR) is 119 cm³/mol. The molecule has 0 saturated carbocycles. The number of ether oxygens (including phenoxy) is 2. The predicted octanol–water partition coefficient (Wildman–Crippen LogP) is 6.59. The highest BCUT2D eigenvalue weighted by Crippen LogP contribution is 2.33. The van der Waals surface area contributed by atoms with Gasteiger partial charge in [0.25, 0.3) is 0 Å². The molecule has 0 aliphatic rings. The Morgan fingerprint density at radius 3 is 1.59 bits per heavy atom. The van der Waals surface area contributed by atoms with Gasteiger partial charge in [0.15, 0.2) is 0 Å². The molecule has 0 saturated heterocycles. The van der Waals surface area contributed by atoms with Gasteiger partial charge in [-0.25, -0.2) is 0 Å². The van der Waals surface area contributed by atoms with E-state index in [1.165, 1.54) is 0 Å². The van der Waals surface area contributed by atoms with Crippen molar-refractivity contribution in [1.82, 2.24) is 0 Å². The zero-order valence-electron chi connectivity index (χ0n) is 15.6. The van der Waals surface area contributed by atoms with Crippen LogP contribution in [0.1, 0.15) is 0 Å². The first-order valence-electron chi connectivity index (χ1n) is 9.09. The van der Waals surface area contributed by atoms with Gasteiger partial charge in [0.2, 0.25) is 0 Å². The van der Waals surface area contributed by atoms with Crippen LogP contribution in [0.25, 0.3) is 0 Å². The molecule has 0 atom stereocenters. The molecule has 4 rings (SSSR count). The average Bonchev–Trinajstić information content (AvgIpc) is 2.70. The molecule has 0 radical (unpaired) electrons. The first-order valence-corrected chi connectivity index (χ1v) is 9.90. The van der Waals surface area contributed by atoms with Gasteiger partial charge in [-0.3, -0.25) is 0 Å². The summed E-state index contributed by atoms with van der Waals surface area (Å²) in [5, 5.41) is 0. The number of anilines is 2. The molecule has 4 aromatic carbocycles. The van der Waals surface area contributed by atoms with E-state index in [0.717, 1.165) is 32.8 Å². The molecule has 0 amide bonds. The van der Waals surface area contributed by atoms with Gasteiger partial charge >= 0.3 is 0 Å². The zero-order valence-corrected chi connectivity index (χ0v) is 16.4. The molecule has 0 fully saturated rings. The monoisotopic (exact) mass is 400 g/mol. The first kappa shape index (κ1) is 18.8. The van der Waals surface area contributed by atoms with Gasteiger partial charge in [0.05, 0.1) is 0 Å². The van der Waals surface area contributed by atoms with Crippen molar-refractivity contribution in [2.45, 2.75) is 9.79 Å². The van der Waals surface area contributed by atoms with Crippen LogP contribution in [0, 0.1) is 0 Å². The number of nitrogen functional groups attached to an aromatic ring is 2. The van der Waals surface area contributed by atoms with Gasteiger partial charge in [-0.05, 0) is 66.7 Å². The smallest absolute Gasteiger partial charge is 0.129 e. The van der Waals surface area contributed by atoms with E-state index < -0.39 is 0 Å². The molecular formula is C24H20N2O2S. The fourth-order valence-electron chi connectivity index (χ4n) is 2.74. The van der Waals surface area contributed by atoms with E-state index in [1.54, 1.807) is 23.9 Å². The number of nitrogens with two attached hydrogens (primary N) is 2. The number of hydrogen-bond donors (Lipinski definition) is 2. The number of hydrogen-bond acceptors (Lipinski definition) is 5. The van der Waals surface area contributed by atoms with Crippen molar-refractivity contribution in [1.29, 1.82) is 0 Å². The minimum atomic E-state index is 0.675. The highest BCUT2D eigenvalue weighted by molar-refractivity contribution is 7.99. The lowest BCUT2D eigenvalue weighted by Gasteiger charge is -2.09. The minimum Gasteiger partial charge on any atom is -0.457 e. The molecule has 144 valence electrons. The molecule has 4 aromatic rings. The third-order valence-corrected chi connectivity index (χ3v) is 5.05. The fourth-order valence-corrected chi connectivity index (χ4v) is 3.61. The number of benzene rings is 4. The van der Waals surface area contributed by atoms with Gasteiger partial charge in [-0.15, -0.1) is 0 Å². The van der Waals surface area contributed by atoms with Crippen molar-refractivity contribution in [3.8, 4) is 23.0 Å². The second-order valence-corrected chi connectivity index (χ2v) is 7.54. The topological polar surface area (TPSA) is 70.5 Å². The molecule has 5 heteroatoms. The van der Waals surface area contributed by atoms with Gasteiger partial charge in [0, 0.05) is 33.3 Å². The van der Waals surface area contributed by atoms with E-state index in [9.17, 15) is 0 Å². The highest BCUT2D eigenvalue weighted by Gasteiger charge is 2.03. The van der Waals surface area contributed by atoms with E-state index >= 15 is 0 Å². The highest BCUT2D eigenvalue weighted by atomic mass is 32.2. The Morgan fingerprint density at radius 2 is 1.00 bits per heavy atom. The SMILES string of the molecule is Nc1cccc(Oc2ccc(Sc3cccc(Oc4cccc(N)c4)c3)cc2)c1. The standard InChI is InChI=1S/C24H20N2O2S/c25-17-4-1-6-20(14-17)27-19-10-12-23(13-11-19)29-24-9-3-8-22(16-24)28-21-7-2-5-18(26)15-21/h1-16H,25-26H2. The molecule has 0 heterocycles. The Labute approximate surface area is 174 Å². The van der Waals surface area contributed by atoms with Crippen LogP contribution in [-0.2, 0) is 0 Å². The summed E-state index contributed by atoms with van der Waals surface area (Å²) in [7, 11) is 0. The van der Waals surface area contributed by atoms with E-state index in [2.05, 4.69) is 0 Å². The van der Waals surface area contributed by atoms with E-state index in [1.807, 2.05) is 84.9 Å². The van der Waals surface area contributed by atoms with Crippen molar-refractivity contribution in [2.75, 3.05) is 11.5 Å². The summed E-state index contributed by atoms with van der Waals surface area (Å²) >= 11 is 1.65. The van der Waals surface area contributed by atoms with Crippen molar-refractivity contribution in [3.63, 3.8) is 0 Å². The Balaban J connectivity index is 1.42. The maximum absolute atomic E-state index is 5.91. The molecule has 4 nitrogen and oxygen atoms in total. The van der Waals surface area contributed by atoms with Crippen LogP contribution in [0.2, 0.25) is 0 Å². The molecule has 0 bridgehead atoms. The lowest BCUT2D eigenvalue weighted by molar-refractivity contribution is 0.481. The van der Waals surface area contributed by atoms with E-state index in [0.29, 0.717) is 11.4 Å². The van der Waals surface area contributed by atoms with E-state index in [4.69, 9.17) is 20.9 Å². The van der Waals surface area contributed by atoms with Gasteiger partial charge in [-0.2, -0.15) is 0 Å². The first-order chi connectivity index (χ1) is 14.1. The minimum absolute atomic E-state index is 0.675. The lowest BCUT2D eigenvalue weighted by atomic mass is 10.3. The summed E-state index contributed by atoms with van der Waals surface area (Å²) in [4.78, 5) is 2.18. The van der Waals surface area contributed by atoms with Crippen LogP contribution >= 0.6 is 11.8 Å². The largest absolute Gasteiger partial charge is 0.457 e. The Morgan fingerprint density at radius 1 is 0.483 bits per heavy atom. The maximum Gasteiger partial charge on any atom is 0.129 e. The van der Waals surface area contributed by atoms with Gasteiger partial charge < -0.3 is 20.9 Å². The van der Waals surface area contributed by atoms with Crippen LogP contribution in [0.5, 0.6) is 23.0 Å². The summed E-state index contributed by atoms with van der Waals surface area (Å²) in [5.74, 6) is 2.97. The summed E-state index contributed by atoms with van der Waals surface area (Å²) in [6.45, 7) is 0. The molecule has 0 spiro atoms. The second kappa shape index (κ2) is 8.63. The molecule has 0 aliphatic heterocycles. The summed E-state index contributed by atoms with van der Waals surface area (Å²) in [6, 6.07) is 30.7. The van der Waals surface area contributed by atoms with E-state index in [-0.39, 0.29) is 0 Å². The maximum atomic E-state index is 5.91. The second-order valence-electron chi connectivity index (χ2n) is 6.40. The van der Waals surface area contributed by atoms with Crippen LogP contribution in [0.3, 0.4) is 0 Å². The van der Waals surface area contributed by atoms with Crippen LogP contribution in [0.4, 0.5) is 11.4 Å². The summed E-state index contributed by atoms with van der Waals surface area (Å²) in [5.41, 5.74) is 13.0. The molecule has 0 unspecified atom stereocenters. The lowest BCUT2D eigenvalue weighted by Crippen LogP contribution is -1.88. The van der Waals surface area contributed by atoms with Crippen molar-refractivity contribution in [2.24, 2.45) is 0 Å². The fraction of sp³-hybridized carbons (Fsp3) is 0. The normalized spacial score (nSPS) is 10.5. The Bertz CT molecular complexity index is 1110. The zero-order chi connectivity index (χ0) is 20.1. The summed E-state index contributed by atoms with van der Waals surface area (Å²) < 4.78 is 11.7. The number of rotatable bonds is 6. The van der Waals surface area contributed by atoms with Crippen LogP contribution in [-0.4, -0.2) is 0 Å². The molecule has 0 aromatic heterocycles. The van der Waals surface area contributed by atoms with Gasteiger partial charge in [-0.1, -0.05) is 30.0 Å². The quantitative estimate of drug-likeness (QED) is 0.357. The molecule has 0 aliphatic carbocycles. The molecule has 4 N–H and O–H groups in total. The average molecular weight is 401 g/mol. The van der Waals surface area contributed by atoms with Crippen molar-refractivity contribution in [3.05, 3.63) is 97.1 Å².